The first-order chi connectivity index (χ1) is 11.1. The van der Waals surface area contributed by atoms with Crippen LogP contribution < -0.4 is 11.1 Å². The average Bonchev–Trinajstić information content (AvgIpc) is 3.27. The Hall–Kier alpha value is -1.69. The Morgan fingerprint density at radius 1 is 1.13 bits per heavy atom. The largest absolute Gasteiger partial charge is 0.354 e. The van der Waals surface area contributed by atoms with Gasteiger partial charge in [-0.2, -0.15) is 0 Å². The second-order valence-electron chi connectivity index (χ2n) is 7.39. The Balaban J connectivity index is 1.31. The number of hydrogen-bond donors (Lipinski definition) is 2. The first kappa shape index (κ1) is 14.9. The molecule has 124 valence electrons. The molecule has 2 bridgehead atoms. The second-order valence-corrected chi connectivity index (χ2v) is 7.39. The van der Waals surface area contributed by atoms with E-state index in [1.54, 1.807) is 0 Å². The van der Waals surface area contributed by atoms with E-state index in [4.69, 9.17) is 5.73 Å². The number of rotatable bonds is 4. The third kappa shape index (κ3) is 2.31. The molecule has 23 heavy (non-hydrogen) atoms. The number of allylic oxidation sites excluding steroid dienone is 2. The number of nitrogens with two attached hydrogens (primary N) is 1. The van der Waals surface area contributed by atoms with E-state index in [9.17, 15) is 14.4 Å². The number of carbonyl (C=O) groups excluding carboxylic acids is 3. The summed E-state index contributed by atoms with van der Waals surface area (Å²) >= 11 is 0. The monoisotopic (exact) mass is 317 g/mol. The van der Waals surface area contributed by atoms with Crippen molar-refractivity contribution in [2.24, 2.45) is 35.3 Å². The number of likely N-dealkylation sites (tertiary alicyclic amines) is 1. The van der Waals surface area contributed by atoms with E-state index in [0.29, 0.717) is 6.54 Å². The Labute approximate surface area is 135 Å². The first-order valence-electron chi connectivity index (χ1n) is 8.63. The number of hydrogen-bond acceptors (Lipinski definition) is 4. The van der Waals surface area contributed by atoms with Crippen LogP contribution in [0.3, 0.4) is 0 Å². The van der Waals surface area contributed by atoms with Gasteiger partial charge in [-0.05, 0) is 37.5 Å². The van der Waals surface area contributed by atoms with Gasteiger partial charge in [-0.3, -0.25) is 19.3 Å². The quantitative estimate of drug-likeness (QED) is 0.565. The van der Waals surface area contributed by atoms with Crippen molar-refractivity contribution in [3.05, 3.63) is 12.2 Å². The van der Waals surface area contributed by atoms with Gasteiger partial charge in [0.1, 0.15) is 0 Å². The zero-order valence-electron chi connectivity index (χ0n) is 13.1. The van der Waals surface area contributed by atoms with Gasteiger partial charge in [0.15, 0.2) is 0 Å². The van der Waals surface area contributed by atoms with E-state index in [0.717, 1.165) is 25.7 Å². The van der Waals surface area contributed by atoms with Gasteiger partial charge >= 0.3 is 0 Å². The van der Waals surface area contributed by atoms with Crippen LogP contribution in [0.1, 0.15) is 25.7 Å². The van der Waals surface area contributed by atoms with E-state index in [2.05, 4.69) is 17.5 Å². The van der Waals surface area contributed by atoms with E-state index in [1.165, 1.54) is 4.90 Å². The van der Waals surface area contributed by atoms with Gasteiger partial charge < -0.3 is 11.1 Å². The van der Waals surface area contributed by atoms with E-state index >= 15 is 0 Å². The SMILES string of the molecule is NC1CCC(C(=O)NCCN2C(=O)C3C4C=CC(C4)C3C2=O)C1. The van der Waals surface area contributed by atoms with Crippen molar-refractivity contribution >= 4 is 17.7 Å². The van der Waals surface area contributed by atoms with Gasteiger partial charge in [-0.25, -0.2) is 0 Å². The topological polar surface area (TPSA) is 92.5 Å². The maximum atomic E-state index is 12.5. The Kier molecular flexibility index (Phi) is 3.52. The van der Waals surface area contributed by atoms with Crippen LogP contribution >= 0.6 is 0 Å². The summed E-state index contributed by atoms with van der Waals surface area (Å²) in [5, 5.41) is 2.86. The lowest BCUT2D eigenvalue weighted by atomic mass is 9.85. The lowest BCUT2D eigenvalue weighted by Crippen LogP contribution is -2.41. The summed E-state index contributed by atoms with van der Waals surface area (Å²) in [5.41, 5.74) is 5.83. The van der Waals surface area contributed by atoms with Gasteiger partial charge in [0.2, 0.25) is 17.7 Å². The minimum absolute atomic E-state index is 0.000949. The molecule has 2 saturated carbocycles. The van der Waals surface area contributed by atoms with Crippen molar-refractivity contribution in [3.63, 3.8) is 0 Å². The Morgan fingerprint density at radius 2 is 1.78 bits per heavy atom. The van der Waals surface area contributed by atoms with Gasteiger partial charge in [0.25, 0.3) is 0 Å². The van der Waals surface area contributed by atoms with Crippen LogP contribution in [0, 0.1) is 29.6 Å². The van der Waals surface area contributed by atoms with Crippen LogP contribution in [0.5, 0.6) is 0 Å². The van der Waals surface area contributed by atoms with Gasteiger partial charge in [0, 0.05) is 25.0 Å². The molecule has 0 spiro atoms. The van der Waals surface area contributed by atoms with E-state index < -0.39 is 0 Å². The molecule has 0 aromatic heterocycles. The molecular weight excluding hydrogens is 294 g/mol. The van der Waals surface area contributed by atoms with Crippen LogP contribution in [0.2, 0.25) is 0 Å². The summed E-state index contributed by atoms with van der Waals surface area (Å²) < 4.78 is 0. The van der Waals surface area contributed by atoms with Crippen molar-refractivity contribution in [2.45, 2.75) is 31.7 Å². The van der Waals surface area contributed by atoms with Crippen molar-refractivity contribution in [2.75, 3.05) is 13.1 Å². The Bertz CT molecular complexity index is 558. The highest BCUT2D eigenvalue weighted by Crippen LogP contribution is 2.52. The molecule has 3 N–H and O–H groups in total. The maximum Gasteiger partial charge on any atom is 0.233 e. The lowest BCUT2D eigenvalue weighted by molar-refractivity contribution is -0.141. The standard InChI is InChI=1S/C17H23N3O3/c18-12-4-3-11(8-12)15(21)19-5-6-20-16(22)13-9-1-2-10(7-9)14(13)17(20)23/h1-2,9-14H,3-8,18H2,(H,19,21). The van der Waals surface area contributed by atoms with Crippen molar-refractivity contribution in [1.29, 1.82) is 0 Å². The van der Waals surface area contributed by atoms with E-state index in [-0.39, 0.29) is 59.9 Å². The highest BCUT2D eigenvalue weighted by molar-refractivity contribution is 6.06. The zero-order chi connectivity index (χ0) is 16.1. The third-order valence-corrected chi connectivity index (χ3v) is 6.04. The molecule has 6 nitrogen and oxygen atoms in total. The molecule has 1 saturated heterocycles. The normalized spacial score (nSPS) is 41.0. The number of imide groups is 1. The predicted molar refractivity (Wildman–Crippen MR) is 82.8 cm³/mol. The summed E-state index contributed by atoms with van der Waals surface area (Å²) in [4.78, 5) is 38.4. The molecule has 0 radical (unpaired) electrons. The number of amides is 3. The molecule has 6 atom stereocenters. The molecule has 3 amide bonds. The van der Waals surface area contributed by atoms with Crippen LogP contribution in [-0.4, -0.2) is 41.8 Å². The summed E-state index contributed by atoms with van der Waals surface area (Å²) in [7, 11) is 0. The third-order valence-electron chi connectivity index (χ3n) is 6.04. The van der Waals surface area contributed by atoms with Crippen LogP contribution in [-0.2, 0) is 14.4 Å². The summed E-state index contributed by atoms with van der Waals surface area (Å²) in [6.07, 6.45) is 7.57. The molecule has 6 heteroatoms. The minimum atomic E-state index is -0.152. The number of fused-ring (bicyclic) bond motifs is 5. The number of nitrogens with one attached hydrogen (secondary N) is 1. The van der Waals surface area contributed by atoms with Crippen molar-refractivity contribution < 1.29 is 14.4 Å². The molecule has 1 aliphatic heterocycles. The smallest absolute Gasteiger partial charge is 0.233 e. The molecule has 0 aromatic rings. The fourth-order valence-electron chi connectivity index (χ4n) is 4.87. The maximum absolute atomic E-state index is 12.5. The van der Waals surface area contributed by atoms with Gasteiger partial charge in [-0.15, -0.1) is 0 Å². The van der Waals surface area contributed by atoms with Crippen LogP contribution in [0.15, 0.2) is 12.2 Å². The lowest BCUT2D eigenvalue weighted by Gasteiger charge is -2.18. The minimum Gasteiger partial charge on any atom is -0.354 e. The fraction of sp³-hybridized carbons (Fsp3) is 0.706. The van der Waals surface area contributed by atoms with Gasteiger partial charge in [-0.1, -0.05) is 12.2 Å². The average molecular weight is 317 g/mol. The highest BCUT2D eigenvalue weighted by atomic mass is 16.2. The second kappa shape index (κ2) is 5.44. The highest BCUT2D eigenvalue weighted by Gasteiger charge is 2.58. The van der Waals surface area contributed by atoms with Gasteiger partial charge in [0.05, 0.1) is 11.8 Å². The molecule has 3 aliphatic carbocycles. The van der Waals surface area contributed by atoms with E-state index in [1.807, 2.05) is 0 Å². The molecule has 3 fully saturated rings. The Morgan fingerprint density at radius 3 is 2.35 bits per heavy atom. The zero-order valence-corrected chi connectivity index (χ0v) is 13.1. The molecule has 6 unspecified atom stereocenters. The number of carbonyl (C=O) groups is 3. The molecule has 4 aliphatic rings. The summed E-state index contributed by atoms with van der Waals surface area (Å²) in [6, 6.07) is 0.120. The summed E-state index contributed by atoms with van der Waals surface area (Å²) in [6.45, 7) is 0.624. The van der Waals surface area contributed by atoms with Crippen molar-refractivity contribution in [3.8, 4) is 0 Å². The van der Waals surface area contributed by atoms with Crippen LogP contribution in [0.25, 0.3) is 0 Å². The summed E-state index contributed by atoms with van der Waals surface area (Å²) in [5.74, 6) is 0.0560. The van der Waals surface area contributed by atoms with Crippen LogP contribution in [0.4, 0.5) is 0 Å². The van der Waals surface area contributed by atoms with Crippen molar-refractivity contribution in [1.82, 2.24) is 10.2 Å². The predicted octanol–water partition coefficient (Wildman–Crippen LogP) is 0.0371. The molecule has 1 heterocycles. The first-order valence-corrected chi connectivity index (χ1v) is 8.63. The fourth-order valence-corrected chi connectivity index (χ4v) is 4.87. The number of nitrogens with zero attached hydrogens (tertiary/aromatic N) is 1. The molecule has 4 rings (SSSR count). The molecular formula is C17H23N3O3. The molecule has 0 aromatic carbocycles.